The van der Waals surface area contributed by atoms with Crippen LogP contribution in [0, 0.1) is 6.92 Å². The quantitative estimate of drug-likeness (QED) is 0.792. The number of nitrogens with zero attached hydrogens (tertiary/aromatic N) is 6. The van der Waals surface area contributed by atoms with Gasteiger partial charge in [0, 0.05) is 24.7 Å². The number of nitrogens with one attached hydrogen (secondary N) is 1. The minimum atomic E-state index is 0.254. The van der Waals surface area contributed by atoms with E-state index in [1.54, 1.807) is 12.4 Å². The standard InChI is InChI=1S/C16H19N7O/c1-9-12(8-17-20-9)15-19-16(11-7-10-3-4-13(11)24-10)23(21-15)14-5-6-18-22(14)2/h5-6,8,10-11,13H,3-4,7H2,1-2H3,(H,17,20)/t10-,11+,13+/m0/s1. The number of hydrogen-bond acceptors (Lipinski definition) is 5. The summed E-state index contributed by atoms with van der Waals surface area (Å²) >= 11 is 0. The van der Waals surface area contributed by atoms with E-state index in [0.717, 1.165) is 42.2 Å². The van der Waals surface area contributed by atoms with E-state index in [-0.39, 0.29) is 12.0 Å². The molecule has 2 aliphatic heterocycles. The highest BCUT2D eigenvalue weighted by Crippen LogP contribution is 2.44. The largest absolute Gasteiger partial charge is 0.374 e. The van der Waals surface area contributed by atoms with Crippen LogP contribution in [0.1, 0.15) is 36.7 Å². The SMILES string of the molecule is Cc1[nH]ncc1-c1nc([C@@H]2C[C@@H]3CC[C@H]2O3)n(-c2ccnn2C)n1. The molecule has 0 spiro atoms. The van der Waals surface area contributed by atoms with Gasteiger partial charge in [0.25, 0.3) is 0 Å². The van der Waals surface area contributed by atoms with E-state index in [4.69, 9.17) is 14.8 Å². The zero-order valence-electron chi connectivity index (χ0n) is 13.7. The van der Waals surface area contributed by atoms with E-state index in [1.165, 1.54) is 0 Å². The first-order chi connectivity index (χ1) is 11.7. The van der Waals surface area contributed by atoms with Crippen LogP contribution in [0.4, 0.5) is 0 Å². The van der Waals surface area contributed by atoms with Gasteiger partial charge in [0.2, 0.25) is 0 Å². The molecule has 0 amide bonds. The summed E-state index contributed by atoms with van der Waals surface area (Å²) in [5.74, 6) is 2.85. The highest BCUT2D eigenvalue weighted by Gasteiger charge is 2.44. The molecule has 0 radical (unpaired) electrons. The highest BCUT2D eigenvalue weighted by molar-refractivity contribution is 5.56. The maximum absolute atomic E-state index is 6.04. The van der Waals surface area contributed by atoms with E-state index in [9.17, 15) is 0 Å². The Labute approximate surface area is 138 Å². The zero-order valence-corrected chi connectivity index (χ0v) is 13.7. The second-order valence-corrected chi connectivity index (χ2v) is 6.64. The summed E-state index contributed by atoms with van der Waals surface area (Å²) in [7, 11) is 1.92. The molecule has 2 aliphatic rings. The molecule has 3 aromatic heterocycles. The van der Waals surface area contributed by atoms with Crippen LogP contribution in [-0.2, 0) is 11.8 Å². The van der Waals surface area contributed by atoms with Crippen LogP contribution in [-0.4, -0.2) is 47.0 Å². The van der Waals surface area contributed by atoms with E-state index >= 15 is 0 Å². The van der Waals surface area contributed by atoms with Gasteiger partial charge in [-0.1, -0.05) is 0 Å². The molecule has 0 saturated carbocycles. The lowest BCUT2D eigenvalue weighted by Gasteiger charge is -2.18. The topological polar surface area (TPSA) is 86.4 Å². The Kier molecular flexibility index (Phi) is 2.90. The smallest absolute Gasteiger partial charge is 0.185 e. The summed E-state index contributed by atoms with van der Waals surface area (Å²) in [6, 6.07) is 1.96. The van der Waals surface area contributed by atoms with Crippen molar-refractivity contribution in [3.05, 3.63) is 30.0 Å². The molecule has 5 rings (SSSR count). The molecule has 2 fully saturated rings. The Morgan fingerprint density at radius 1 is 1.33 bits per heavy atom. The van der Waals surface area contributed by atoms with Gasteiger partial charge in [-0.3, -0.25) is 9.78 Å². The predicted molar refractivity (Wildman–Crippen MR) is 85.7 cm³/mol. The van der Waals surface area contributed by atoms with Gasteiger partial charge < -0.3 is 4.74 Å². The summed E-state index contributed by atoms with van der Waals surface area (Å²) in [5, 5.41) is 16.1. The van der Waals surface area contributed by atoms with Crippen molar-refractivity contribution in [3.8, 4) is 17.2 Å². The Balaban J connectivity index is 1.65. The number of rotatable bonds is 3. The van der Waals surface area contributed by atoms with Crippen LogP contribution in [0.15, 0.2) is 18.5 Å². The number of aromatic amines is 1. The van der Waals surface area contributed by atoms with Gasteiger partial charge in [-0.25, -0.2) is 4.98 Å². The lowest BCUT2D eigenvalue weighted by atomic mass is 9.88. The molecule has 3 aromatic rings. The van der Waals surface area contributed by atoms with Crippen molar-refractivity contribution in [2.45, 2.75) is 44.3 Å². The van der Waals surface area contributed by atoms with Crippen molar-refractivity contribution >= 4 is 0 Å². The molecule has 5 heterocycles. The fourth-order valence-corrected chi connectivity index (χ4v) is 3.91. The first-order valence-electron chi connectivity index (χ1n) is 8.32. The van der Waals surface area contributed by atoms with Crippen LogP contribution < -0.4 is 0 Å². The molecule has 3 atom stereocenters. The molecule has 8 nitrogen and oxygen atoms in total. The molecule has 1 N–H and O–H groups in total. The summed E-state index contributed by atoms with van der Waals surface area (Å²) in [6.45, 7) is 1.98. The fourth-order valence-electron chi connectivity index (χ4n) is 3.91. The van der Waals surface area contributed by atoms with Gasteiger partial charge in [0.1, 0.15) is 5.82 Å². The molecular formula is C16H19N7O. The van der Waals surface area contributed by atoms with Crippen molar-refractivity contribution in [2.75, 3.05) is 0 Å². The first kappa shape index (κ1) is 13.9. The van der Waals surface area contributed by atoms with Gasteiger partial charge in [-0.15, -0.1) is 5.10 Å². The predicted octanol–water partition coefficient (Wildman–Crippen LogP) is 1.73. The van der Waals surface area contributed by atoms with Crippen molar-refractivity contribution in [1.82, 2.24) is 34.7 Å². The first-order valence-corrected chi connectivity index (χ1v) is 8.32. The fraction of sp³-hybridized carbons (Fsp3) is 0.500. The molecule has 0 unspecified atom stereocenters. The summed E-state index contributed by atoms with van der Waals surface area (Å²) in [6.07, 6.45) is 7.47. The van der Waals surface area contributed by atoms with Crippen LogP contribution in [0.3, 0.4) is 0 Å². The third kappa shape index (κ3) is 1.96. The zero-order chi connectivity index (χ0) is 16.3. The van der Waals surface area contributed by atoms with Gasteiger partial charge in [-0.2, -0.15) is 14.9 Å². The van der Waals surface area contributed by atoms with E-state index in [1.807, 2.05) is 29.4 Å². The number of fused-ring (bicyclic) bond motifs is 2. The molecule has 2 saturated heterocycles. The molecule has 8 heteroatoms. The van der Waals surface area contributed by atoms with E-state index in [0.29, 0.717) is 11.9 Å². The average molecular weight is 325 g/mol. The maximum Gasteiger partial charge on any atom is 0.185 e. The molecule has 124 valence electrons. The van der Waals surface area contributed by atoms with Crippen molar-refractivity contribution in [2.24, 2.45) is 7.05 Å². The number of aromatic nitrogens is 7. The number of H-pyrrole nitrogens is 1. The van der Waals surface area contributed by atoms with Gasteiger partial charge in [0.15, 0.2) is 11.6 Å². The number of ether oxygens (including phenoxy) is 1. The molecular weight excluding hydrogens is 306 g/mol. The molecule has 0 aliphatic carbocycles. The second kappa shape index (κ2) is 5.01. The third-order valence-electron chi connectivity index (χ3n) is 5.15. The number of aryl methyl sites for hydroxylation is 2. The van der Waals surface area contributed by atoms with Gasteiger partial charge in [0.05, 0.1) is 30.2 Å². The number of hydrogen-bond donors (Lipinski definition) is 1. The van der Waals surface area contributed by atoms with Crippen LogP contribution in [0.2, 0.25) is 0 Å². The average Bonchev–Trinajstić information content (AvgIpc) is 3.35. The van der Waals surface area contributed by atoms with Crippen molar-refractivity contribution in [1.29, 1.82) is 0 Å². The van der Waals surface area contributed by atoms with Crippen LogP contribution in [0.25, 0.3) is 17.2 Å². The summed E-state index contributed by atoms with van der Waals surface area (Å²) < 4.78 is 9.78. The maximum atomic E-state index is 6.04. The minimum Gasteiger partial charge on any atom is -0.374 e. The Morgan fingerprint density at radius 2 is 2.25 bits per heavy atom. The molecule has 2 bridgehead atoms. The highest BCUT2D eigenvalue weighted by atomic mass is 16.5. The van der Waals surface area contributed by atoms with Gasteiger partial charge >= 0.3 is 0 Å². The van der Waals surface area contributed by atoms with Gasteiger partial charge in [-0.05, 0) is 26.2 Å². The minimum absolute atomic E-state index is 0.254. The van der Waals surface area contributed by atoms with Crippen molar-refractivity contribution in [3.63, 3.8) is 0 Å². The second-order valence-electron chi connectivity index (χ2n) is 6.64. The molecule has 24 heavy (non-hydrogen) atoms. The van der Waals surface area contributed by atoms with E-state index in [2.05, 4.69) is 15.3 Å². The summed E-state index contributed by atoms with van der Waals surface area (Å²) in [5.41, 5.74) is 1.90. The molecule has 0 aromatic carbocycles. The lowest BCUT2D eigenvalue weighted by molar-refractivity contribution is 0.0996. The Hall–Kier alpha value is -2.48. The lowest BCUT2D eigenvalue weighted by Crippen LogP contribution is -2.20. The summed E-state index contributed by atoms with van der Waals surface area (Å²) in [4.78, 5) is 4.88. The van der Waals surface area contributed by atoms with Crippen molar-refractivity contribution < 1.29 is 4.74 Å². The van der Waals surface area contributed by atoms with Crippen LogP contribution in [0.5, 0.6) is 0 Å². The normalized spacial score (nSPS) is 25.7. The Morgan fingerprint density at radius 3 is 2.88 bits per heavy atom. The monoisotopic (exact) mass is 325 g/mol. The van der Waals surface area contributed by atoms with Crippen LogP contribution >= 0.6 is 0 Å². The Bertz CT molecular complexity index is 892. The third-order valence-corrected chi connectivity index (χ3v) is 5.15. The van der Waals surface area contributed by atoms with E-state index < -0.39 is 0 Å².